The molecule has 4 nitrogen and oxygen atoms in total. The number of esters is 1. The van der Waals surface area contributed by atoms with Crippen LogP contribution in [-0.4, -0.2) is 33.5 Å². The van der Waals surface area contributed by atoms with Crippen molar-refractivity contribution in [2.24, 2.45) is 0 Å². The number of aliphatic hydroxyl groups is 1. The summed E-state index contributed by atoms with van der Waals surface area (Å²) in [4.78, 5) is 16.7. The van der Waals surface area contributed by atoms with Gasteiger partial charge in [-0.2, -0.15) is 0 Å². The van der Waals surface area contributed by atoms with Crippen molar-refractivity contribution in [2.45, 2.75) is 49.0 Å². The van der Waals surface area contributed by atoms with Gasteiger partial charge in [0.2, 0.25) is 0 Å². The summed E-state index contributed by atoms with van der Waals surface area (Å²) in [6.07, 6.45) is 3.35. The standard InChI is InChI=1S/C25H22F3NO3S/c1-13(2)33-18-7-4-14(5-8-18)22-15(3-6-17-9-16(30)10-21(31)32-17)12-29-25-19(22)11-20(26)23(27)24(25)28/h3-8,11-13,16-17,30H,9-10H2,1-2H3/t16-,17-/m1/s1. The molecule has 0 saturated carbocycles. The highest BCUT2D eigenvalue weighted by Crippen LogP contribution is 2.36. The molecule has 2 aromatic carbocycles. The van der Waals surface area contributed by atoms with Crippen LogP contribution in [-0.2, 0) is 9.53 Å². The van der Waals surface area contributed by atoms with Crippen molar-refractivity contribution >= 4 is 34.7 Å². The summed E-state index contributed by atoms with van der Waals surface area (Å²) in [5.41, 5.74) is 1.37. The molecule has 0 amide bonds. The van der Waals surface area contributed by atoms with Crippen LogP contribution >= 0.6 is 11.8 Å². The van der Waals surface area contributed by atoms with E-state index in [0.29, 0.717) is 21.9 Å². The first-order valence-corrected chi connectivity index (χ1v) is 11.4. The van der Waals surface area contributed by atoms with Gasteiger partial charge in [0.15, 0.2) is 17.5 Å². The minimum Gasteiger partial charge on any atom is -0.458 e. The Labute approximate surface area is 193 Å². The first-order chi connectivity index (χ1) is 15.7. The average molecular weight is 474 g/mol. The minimum atomic E-state index is -1.57. The molecule has 172 valence electrons. The van der Waals surface area contributed by atoms with Crippen LogP contribution in [0.3, 0.4) is 0 Å². The lowest BCUT2D eigenvalue weighted by molar-refractivity contribution is -0.156. The lowest BCUT2D eigenvalue weighted by Crippen LogP contribution is -2.31. The molecule has 0 radical (unpaired) electrons. The highest BCUT2D eigenvalue weighted by Gasteiger charge is 2.25. The van der Waals surface area contributed by atoms with E-state index in [1.54, 1.807) is 23.9 Å². The molecule has 1 aromatic heterocycles. The van der Waals surface area contributed by atoms with Gasteiger partial charge in [-0.1, -0.05) is 32.1 Å². The molecule has 1 aliphatic rings. The SMILES string of the molecule is CC(C)Sc1ccc(-c2c(C=C[C@@H]3C[C@@H](O)CC(=O)O3)cnc3c(F)c(F)c(F)cc23)cc1. The van der Waals surface area contributed by atoms with Crippen LogP contribution in [0.5, 0.6) is 0 Å². The van der Waals surface area contributed by atoms with E-state index in [9.17, 15) is 23.1 Å². The first-order valence-electron chi connectivity index (χ1n) is 10.5. The van der Waals surface area contributed by atoms with Crippen molar-refractivity contribution in [1.82, 2.24) is 4.98 Å². The van der Waals surface area contributed by atoms with Gasteiger partial charge in [0.05, 0.1) is 12.5 Å². The molecule has 4 rings (SSSR count). The summed E-state index contributed by atoms with van der Waals surface area (Å²) in [5, 5.41) is 10.3. The van der Waals surface area contributed by atoms with Crippen LogP contribution in [0.2, 0.25) is 0 Å². The molecule has 33 heavy (non-hydrogen) atoms. The summed E-state index contributed by atoms with van der Waals surface area (Å²) < 4.78 is 47.7. The Balaban J connectivity index is 1.83. The Kier molecular flexibility index (Phi) is 6.76. The number of benzene rings is 2. The number of halogens is 3. The van der Waals surface area contributed by atoms with Crippen molar-refractivity contribution in [2.75, 3.05) is 0 Å². The number of hydrogen-bond acceptors (Lipinski definition) is 5. The average Bonchev–Trinajstić information content (AvgIpc) is 2.75. The number of thioether (sulfide) groups is 1. The Morgan fingerprint density at radius 2 is 1.91 bits per heavy atom. The molecule has 0 spiro atoms. The number of nitrogens with zero attached hydrogens (tertiary/aromatic N) is 1. The zero-order valence-corrected chi connectivity index (χ0v) is 18.8. The second kappa shape index (κ2) is 9.57. The number of hydrogen-bond donors (Lipinski definition) is 1. The molecule has 1 aliphatic heterocycles. The third-order valence-electron chi connectivity index (χ3n) is 5.22. The third kappa shape index (κ3) is 5.07. The topological polar surface area (TPSA) is 59.4 Å². The van der Waals surface area contributed by atoms with Gasteiger partial charge in [0.1, 0.15) is 11.6 Å². The fourth-order valence-corrected chi connectivity index (χ4v) is 4.65. The second-order valence-corrected chi connectivity index (χ2v) is 9.79. The second-order valence-electron chi connectivity index (χ2n) is 8.14. The molecule has 3 aromatic rings. The Morgan fingerprint density at radius 1 is 1.18 bits per heavy atom. The maximum Gasteiger partial charge on any atom is 0.309 e. The summed E-state index contributed by atoms with van der Waals surface area (Å²) in [5.74, 6) is -4.73. The lowest BCUT2D eigenvalue weighted by atomic mass is 9.95. The van der Waals surface area contributed by atoms with E-state index in [1.165, 1.54) is 6.20 Å². The number of cyclic esters (lactones) is 1. The number of fused-ring (bicyclic) bond motifs is 1. The number of ether oxygens (including phenoxy) is 1. The van der Waals surface area contributed by atoms with E-state index >= 15 is 0 Å². The van der Waals surface area contributed by atoms with Gasteiger partial charge in [-0.15, -0.1) is 11.8 Å². The van der Waals surface area contributed by atoms with Gasteiger partial charge in [0.25, 0.3) is 0 Å². The van der Waals surface area contributed by atoms with Crippen LogP contribution in [0.1, 0.15) is 32.3 Å². The third-order valence-corrected chi connectivity index (χ3v) is 6.24. The molecular weight excluding hydrogens is 451 g/mol. The molecule has 1 N–H and O–H groups in total. The number of aromatic nitrogens is 1. The Hall–Kier alpha value is -2.84. The van der Waals surface area contributed by atoms with E-state index in [0.717, 1.165) is 11.0 Å². The predicted octanol–water partition coefficient (Wildman–Crippen LogP) is 5.90. The van der Waals surface area contributed by atoms with Gasteiger partial charge >= 0.3 is 5.97 Å². The number of pyridine rings is 1. The normalized spacial score (nSPS) is 18.9. The Bertz CT molecular complexity index is 1230. The highest BCUT2D eigenvalue weighted by molar-refractivity contribution is 7.99. The van der Waals surface area contributed by atoms with E-state index in [2.05, 4.69) is 18.8 Å². The molecule has 0 aliphatic carbocycles. The van der Waals surface area contributed by atoms with Gasteiger partial charge in [-0.05, 0) is 29.8 Å². The van der Waals surface area contributed by atoms with Crippen molar-refractivity contribution in [1.29, 1.82) is 0 Å². The van der Waals surface area contributed by atoms with Crippen molar-refractivity contribution < 1.29 is 27.8 Å². The van der Waals surface area contributed by atoms with E-state index in [-0.39, 0.29) is 23.7 Å². The molecule has 2 atom stereocenters. The Morgan fingerprint density at radius 3 is 2.58 bits per heavy atom. The lowest BCUT2D eigenvalue weighted by Gasteiger charge is -2.23. The number of rotatable bonds is 5. The van der Waals surface area contributed by atoms with Gasteiger partial charge in [-0.3, -0.25) is 9.78 Å². The van der Waals surface area contributed by atoms with Gasteiger partial charge in [-0.25, -0.2) is 13.2 Å². The van der Waals surface area contributed by atoms with Crippen molar-refractivity contribution in [3.63, 3.8) is 0 Å². The van der Waals surface area contributed by atoms with E-state index < -0.39 is 35.6 Å². The number of aliphatic hydroxyl groups excluding tert-OH is 1. The molecule has 0 bridgehead atoms. The summed E-state index contributed by atoms with van der Waals surface area (Å²) in [7, 11) is 0. The largest absolute Gasteiger partial charge is 0.458 e. The van der Waals surface area contributed by atoms with Crippen LogP contribution < -0.4 is 0 Å². The molecule has 1 fully saturated rings. The highest BCUT2D eigenvalue weighted by atomic mass is 32.2. The van der Waals surface area contributed by atoms with Gasteiger partial charge < -0.3 is 9.84 Å². The molecule has 0 unspecified atom stereocenters. The monoisotopic (exact) mass is 473 g/mol. The summed E-state index contributed by atoms with van der Waals surface area (Å²) in [6.45, 7) is 4.15. The zero-order valence-electron chi connectivity index (χ0n) is 18.0. The summed E-state index contributed by atoms with van der Waals surface area (Å²) in [6, 6.07) is 8.43. The molecule has 2 heterocycles. The maximum absolute atomic E-state index is 14.5. The minimum absolute atomic E-state index is 0.0576. The fourth-order valence-electron chi connectivity index (χ4n) is 3.82. The van der Waals surface area contributed by atoms with Crippen LogP contribution in [0.4, 0.5) is 13.2 Å². The van der Waals surface area contributed by atoms with Crippen LogP contribution in [0.25, 0.3) is 28.1 Å². The maximum atomic E-state index is 14.5. The molecular formula is C25H22F3NO3S. The van der Waals surface area contributed by atoms with E-state index in [1.807, 2.05) is 24.3 Å². The quantitative estimate of drug-likeness (QED) is 0.284. The predicted molar refractivity (Wildman–Crippen MR) is 122 cm³/mol. The van der Waals surface area contributed by atoms with Crippen molar-refractivity contribution in [3.8, 4) is 11.1 Å². The van der Waals surface area contributed by atoms with E-state index in [4.69, 9.17) is 4.74 Å². The zero-order chi connectivity index (χ0) is 23.7. The smallest absolute Gasteiger partial charge is 0.309 e. The molecule has 8 heteroatoms. The molecule has 1 saturated heterocycles. The van der Waals surface area contributed by atoms with Crippen LogP contribution in [0, 0.1) is 17.5 Å². The summed E-state index contributed by atoms with van der Waals surface area (Å²) >= 11 is 1.68. The first kappa shape index (κ1) is 23.3. The fraction of sp³-hybridized carbons (Fsp3) is 0.280. The van der Waals surface area contributed by atoms with Crippen molar-refractivity contribution in [3.05, 3.63) is 65.6 Å². The number of carbonyl (C=O) groups is 1. The number of carbonyl (C=O) groups excluding carboxylic acids is 1. The van der Waals surface area contributed by atoms with Gasteiger partial charge in [0, 0.05) is 39.3 Å². The van der Waals surface area contributed by atoms with Crippen LogP contribution in [0.15, 0.2) is 47.5 Å².